The molecule has 0 bridgehead atoms. The number of nitrogens with one attached hydrogen (secondary N) is 1. The predicted octanol–water partition coefficient (Wildman–Crippen LogP) is 3.01. The summed E-state index contributed by atoms with van der Waals surface area (Å²) in [5.74, 6) is 0.565. The minimum atomic E-state index is 0.224. The SMILES string of the molecule is NC(=S)c1nccnc1Nc1ccc2ccccc2c1. The number of aromatic nitrogens is 2. The largest absolute Gasteiger partial charge is 0.388 e. The van der Waals surface area contributed by atoms with E-state index in [2.05, 4.69) is 33.5 Å². The van der Waals surface area contributed by atoms with Crippen molar-refractivity contribution in [2.75, 3.05) is 5.32 Å². The van der Waals surface area contributed by atoms with Crippen LogP contribution in [0.25, 0.3) is 10.8 Å². The number of hydrogen-bond acceptors (Lipinski definition) is 4. The first-order chi connectivity index (χ1) is 9.74. The van der Waals surface area contributed by atoms with E-state index in [4.69, 9.17) is 18.0 Å². The van der Waals surface area contributed by atoms with E-state index in [9.17, 15) is 0 Å². The van der Waals surface area contributed by atoms with Gasteiger partial charge in [0.25, 0.3) is 0 Å². The molecule has 1 heterocycles. The summed E-state index contributed by atoms with van der Waals surface area (Å²) in [5, 5.41) is 5.54. The zero-order valence-electron chi connectivity index (χ0n) is 10.6. The summed E-state index contributed by atoms with van der Waals surface area (Å²) in [6, 6.07) is 14.2. The number of benzene rings is 2. The summed E-state index contributed by atoms with van der Waals surface area (Å²) in [6.45, 7) is 0. The minimum absolute atomic E-state index is 0.224. The van der Waals surface area contributed by atoms with Crippen molar-refractivity contribution in [3.8, 4) is 0 Å². The first-order valence-corrected chi connectivity index (χ1v) is 6.51. The monoisotopic (exact) mass is 280 g/mol. The second-order valence-corrected chi connectivity index (χ2v) is 4.74. The van der Waals surface area contributed by atoms with E-state index < -0.39 is 0 Å². The molecular formula is C15H12N4S. The Morgan fingerprint density at radius 3 is 2.55 bits per heavy atom. The van der Waals surface area contributed by atoms with Gasteiger partial charge in [0.05, 0.1) is 0 Å². The average Bonchev–Trinajstić information content (AvgIpc) is 2.47. The van der Waals surface area contributed by atoms with Crippen LogP contribution in [-0.2, 0) is 0 Å². The molecule has 0 atom stereocenters. The van der Waals surface area contributed by atoms with Crippen LogP contribution in [0.4, 0.5) is 11.5 Å². The Labute approximate surface area is 121 Å². The maximum absolute atomic E-state index is 5.65. The molecule has 0 aliphatic carbocycles. The first kappa shape index (κ1) is 12.5. The number of nitrogens with two attached hydrogens (primary N) is 1. The van der Waals surface area contributed by atoms with Crippen LogP contribution in [0.2, 0.25) is 0 Å². The molecule has 4 nitrogen and oxygen atoms in total. The standard InChI is InChI=1S/C15H12N4S/c16-14(20)13-15(18-8-7-17-13)19-12-6-5-10-3-1-2-4-11(10)9-12/h1-9H,(H2,16,20)(H,18,19). The van der Waals surface area contributed by atoms with Gasteiger partial charge in [-0.2, -0.15) is 0 Å². The molecule has 0 amide bonds. The van der Waals surface area contributed by atoms with Gasteiger partial charge in [-0.15, -0.1) is 0 Å². The van der Waals surface area contributed by atoms with E-state index in [0.29, 0.717) is 11.5 Å². The number of thiocarbonyl (C=S) groups is 1. The van der Waals surface area contributed by atoms with Crippen molar-refractivity contribution in [1.82, 2.24) is 9.97 Å². The number of rotatable bonds is 3. The molecule has 20 heavy (non-hydrogen) atoms. The normalized spacial score (nSPS) is 10.4. The molecule has 0 spiro atoms. The van der Waals surface area contributed by atoms with E-state index >= 15 is 0 Å². The van der Waals surface area contributed by atoms with Crippen LogP contribution in [0.5, 0.6) is 0 Å². The second kappa shape index (κ2) is 5.22. The fourth-order valence-corrected chi connectivity index (χ4v) is 2.16. The lowest BCUT2D eigenvalue weighted by Gasteiger charge is -2.09. The van der Waals surface area contributed by atoms with Gasteiger partial charge in [-0.3, -0.25) is 0 Å². The van der Waals surface area contributed by atoms with Crippen molar-refractivity contribution in [2.45, 2.75) is 0 Å². The summed E-state index contributed by atoms with van der Waals surface area (Å²) < 4.78 is 0. The fourth-order valence-electron chi connectivity index (χ4n) is 2.01. The van der Waals surface area contributed by atoms with Crippen molar-refractivity contribution < 1.29 is 0 Å². The van der Waals surface area contributed by atoms with E-state index in [1.165, 1.54) is 5.39 Å². The molecule has 1 aromatic heterocycles. The lowest BCUT2D eigenvalue weighted by Crippen LogP contribution is -2.14. The van der Waals surface area contributed by atoms with Crippen LogP contribution in [0.15, 0.2) is 54.9 Å². The van der Waals surface area contributed by atoms with Gasteiger partial charge in [0, 0.05) is 18.1 Å². The Morgan fingerprint density at radius 2 is 1.75 bits per heavy atom. The Balaban J connectivity index is 1.99. The highest BCUT2D eigenvalue weighted by molar-refractivity contribution is 7.80. The first-order valence-electron chi connectivity index (χ1n) is 6.11. The molecule has 3 rings (SSSR count). The van der Waals surface area contributed by atoms with Crippen molar-refractivity contribution in [3.63, 3.8) is 0 Å². The third kappa shape index (κ3) is 2.44. The third-order valence-corrected chi connectivity index (χ3v) is 3.14. The molecule has 2 aromatic carbocycles. The van der Waals surface area contributed by atoms with Gasteiger partial charge in [-0.25, -0.2) is 9.97 Å². The van der Waals surface area contributed by atoms with Crippen molar-refractivity contribution in [2.24, 2.45) is 5.73 Å². The van der Waals surface area contributed by atoms with Crippen molar-refractivity contribution in [3.05, 3.63) is 60.6 Å². The summed E-state index contributed by atoms with van der Waals surface area (Å²) >= 11 is 4.98. The molecule has 0 fully saturated rings. The fraction of sp³-hybridized carbons (Fsp3) is 0. The summed E-state index contributed by atoms with van der Waals surface area (Å²) in [4.78, 5) is 8.60. The molecule has 0 unspecified atom stereocenters. The highest BCUT2D eigenvalue weighted by Gasteiger charge is 2.08. The van der Waals surface area contributed by atoms with Crippen molar-refractivity contribution >= 4 is 39.5 Å². The number of fused-ring (bicyclic) bond motifs is 1. The molecule has 3 N–H and O–H groups in total. The van der Waals surface area contributed by atoms with Gasteiger partial charge in [-0.05, 0) is 22.9 Å². The highest BCUT2D eigenvalue weighted by Crippen LogP contribution is 2.22. The summed E-state index contributed by atoms with van der Waals surface area (Å²) in [6.07, 6.45) is 3.17. The zero-order chi connectivity index (χ0) is 13.9. The highest BCUT2D eigenvalue weighted by atomic mass is 32.1. The van der Waals surface area contributed by atoms with Gasteiger partial charge < -0.3 is 11.1 Å². The Morgan fingerprint density at radius 1 is 1.00 bits per heavy atom. The number of anilines is 2. The molecule has 5 heteroatoms. The van der Waals surface area contributed by atoms with Crippen LogP contribution < -0.4 is 11.1 Å². The summed E-state index contributed by atoms with van der Waals surface area (Å²) in [5.41, 5.74) is 7.06. The van der Waals surface area contributed by atoms with E-state index in [1.807, 2.05) is 24.3 Å². The number of hydrogen-bond donors (Lipinski definition) is 2. The molecule has 0 saturated heterocycles. The Kier molecular flexibility index (Phi) is 3.26. The van der Waals surface area contributed by atoms with Crippen LogP contribution in [0.1, 0.15) is 5.69 Å². The number of nitrogens with zero attached hydrogens (tertiary/aromatic N) is 2. The smallest absolute Gasteiger partial charge is 0.159 e. The topological polar surface area (TPSA) is 63.8 Å². The lowest BCUT2D eigenvalue weighted by atomic mass is 10.1. The van der Waals surface area contributed by atoms with Gasteiger partial charge in [0.15, 0.2) is 5.82 Å². The lowest BCUT2D eigenvalue weighted by molar-refractivity contribution is 1.18. The molecule has 0 aliphatic heterocycles. The van der Waals surface area contributed by atoms with Gasteiger partial charge in [0.2, 0.25) is 0 Å². The third-order valence-electron chi connectivity index (χ3n) is 2.94. The summed E-state index contributed by atoms with van der Waals surface area (Å²) in [7, 11) is 0. The van der Waals surface area contributed by atoms with E-state index in [1.54, 1.807) is 12.4 Å². The van der Waals surface area contributed by atoms with Gasteiger partial charge in [0.1, 0.15) is 10.7 Å². The maximum Gasteiger partial charge on any atom is 0.159 e. The van der Waals surface area contributed by atoms with Crippen LogP contribution >= 0.6 is 12.2 Å². The zero-order valence-corrected chi connectivity index (χ0v) is 11.4. The molecule has 3 aromatic rings. The predicted molar refractivity (Wildman–Crippen MR) is 85.2 cm³/mol. The van der Waals surface area contributed by atoms with Crippen LogP contribution in [0.3, 0.4) is 0 Å². The van der Waals surface area contributed by atoms with E-state index in [0.717, 1.165) is 11.1 Å². The molecule has 0 radical (unpaired) electrons. The second-order valence-electron chi connectivity index (χ2n) is 4.30. The molecule has 98 valence electrons. The van der Waals surface area contributed by atoms with E-state index in [-0.39, 0.29) is 4.99 Å². The quantitative estimate of drug-likeness (QED) is 0.722. The maximum atomic E-state index is 5.65. The average molecular weight is 280 g/mol. The molecular weight excluding hydrogens is 268 g/mol. The minimum Gasteiger partial charge on any atom is -0.388 e. The van der Waals surface area contributed by atoms with Crippen molar-refractivity contribution in [1.29, 1.82) is 0 Å². The van der Waals surface area contributed by atoms with Gasteiger partial charge >= 0.3 is 0 Å². The Bertz CT molecular complexity index is 785. The molecule has 0 saturated carbocycles. The Hall–Kier alpha value is -2.53. The van der Waals surface area contributed by atoms with Crippen LogP contribution in [0, 0.1) is 0 Å². The van der Waals surface area contributed by atoms with Crippen LogP contribution in [-0.4, -0.2) is 15.0 Å². The van der Waals surface area contributed by atoms with Gasteiger partial charge in [-0.1, -0.05) is 42.5 Å². The molecule has 0 aliphatic rings.